The van der Waals surface area contributed by atoms with Crippen molar-refractivity contribution in [2.24, 2.45) is 7.05 Å². The van der Waals surface area contributed by atoms with Crippen LogP contribution in [0.1, 0.15) is 23.1 Å². The lowest BCUT2D eigenvalue weighted by Crippen LogP contribution is -2.12. The average Bonchev–Trinajstić information content (AvgIpc) is 2.67. The zero-order valence-electron chi connectivity index (χ0n) is 10.8. The number of pyridine rings is 1. The van der Waals surface area contributed by atoms with E-state index in [1.165, 1.54) is 24.9 Å². The van der Waals surface area contributed by atoms with Crippen LogP contribution in [0.5, 0.6) is 0 Å². The van der Waals surface area contributed by atoms with E-state index in [2.05, 4.69) is 15.1 Å². The largest absolute Gasteiger partial charge is 0.396 e. The van der Waals surface area contributed by atoms with Crippen molar-refractivity contribution in [3.8, 4) is 11.5 Å². The van der Waals surface area contributed by atoms with Crippen molar-refractivity contribution < 1.29 is 18.0 Å². The Morgan fingerprint density at radius 1 is 1.40 bits per heavy atom. The molecule has 0 spiro atoms. The van der Waals surface area contributed by atoms with E-state index in [9.17, 15) is 18.0 Å². The third kappa shape index (κ3) is 3.01. The van der Waals surface area contributed by atoms with Crippen LogP contribution >= 0.6 is 0 Å². The number of rotatable bonds is 3. The minimum absolute atomic E-state index is 0.134. The summed E-state index contributed by atoms with van der Waals surface area (Å²) < 4.78 is 38.2. The number of aromatic nitrogens is 4. The van der Waals surface area contributed by atoms with Crippen molar-refractivity contribution in [1.82, 2.24) is 19.7 Å². The highest BCUT2D eigenvalue weighted by atomic mass is 19.4. The van der Waals surface area contributed by atoms with E-state index < -0.39 is 12.6 Å². The van der Waals surface area contributed by atoms with Crippen LogP contribution in [0.15, 0.2) is 18.3 Å². The van der Waals surface area contributed by atoms with Gasteiger partial charge in [-0.1, -0.05) is 0 Å². The summed E-state index contributed by atoms with van der Waals surface area (Å²) in [6.45, 7) is 1.35. The summed E-state index contributed by atoms with van der Waals surface area (Å²) in [6, 6.07) is 3.12. The van der Waals surface area contributed by atoms with Crippen molar-refractivity contribution in [2.45, 2.75) is 19.5 Å². The predicted octanol–water partition coefficient (Wildman–Crippen LogP) is 2.18. The molecule has 0 unspecified atom stereocenters. The van der Waals surface area contributed by atoms with Crippen LogP contribution in [0.3, 0.4) is 0 Å². The predicted molar refractivity (Wildman–Crippen MR) is 64.0 cm³/mol. The van der Waals surface area contributed by atoms with Gasteiger partial charge in [0.2, 0.25) is 0 Å². The molecule has 0 amide bonds. The zero-order valence-corrected chi connectivity index (χ0v) is 10.8. The number of hydrogen-bond acceptors (Lipinski definition) is 4. The quantitative estimate of drug-likeness (QED) is 0.811. The molecular formula is C12H11F3N4O. The van der Waals surface area contributed by atoms with E-state index in [-0.39, 0.29) is 23.1 Å². The fourth-order valence-electron chi connectivity index (χ4n) is 1.77. The van der Waals surface area contributed by atoms with Crippen LogP contribution in [0.2, 0.25) is 0 Å². The number of nitrogens with zero attached hydrogens (tertiary/aromatic N) is 4. The maximum atomic E-state index is 12.3. The van der Waals surface area contributed by atoms with E-state index >= 15 is 0 Å². The van der Waals surface area contributed by atoms with Crippen LogP contribution in [-0.2, 0) is 13.5 Å². The number of Topliss-reactive ketones (excluding diaryl/α,β-unsaturated/α-hetero) is 1. The van der Waals surface area contributed by atoms with Gasteiger partial charge in [-0.2, -0.15) is 18.3 Å². The van der Waals surface area contributed by atoms with Gasteiger partial charge in [0.1, 0.15) is 12.1 Å². The monoisotopic (exact) mass is 284 g/mol. The number of ketones is 1. The van der Waals surface area contributed by atoms with Crippen LogP contribution in [0.4, 0.5) is 13.2 Å². The van der Waals surface area contributed by atoms with E-state index in [1.807, 2.05) is 0 Å². The Kier molecular flexibility index (Phi) is 3.56. The first-order valence-electron chi connectivity index (χ1n) is 5.71. The van der Waals surface area contributed by atoms with Gasteiger partial charge in [-0.15, -0.1) is 0 Å². The summed E-state index contributed by atoms with van der Waals surface area (Å²) in [5.41, 5.74) is 0.519. The molecule has 2 aromatic rings. The highest BCUT2D eigenvalue weighted by Gasteiger charge is 2.31. The Labute approximate surface area is 112 Å². The molecule has 0 fully saturated rings. The van der Waals surface area contributed by atoms with Crippen molar-refractivity contribution in [1.29, 1.82) is 0 Å². The Morgan fingerprint density at radius 3 is 2.70 bits per heavy atom. The first-order chi connectivity index (χ1) is 9.28. The lowest BCUT2D eigenvalue weighted by Gasteiger charge is -2.03. The minimum atomic E-state index is -4.38. The van der Waals surface area contributed by atoms with Gasteiger partial charge in [-0.05, 0) is 19.1 Å². The summed E-state index contributed by atoms with van der Waals surface area (Å²) >= 11 is 0. The molecule has 0 atom stereocenters. The molecule has 0 radical (unpaired) electrons. The summed E-state index contributed by atoms with van der Waals surface area (Å²) in [5, 5.41) is 3.71. The third-order valence-corrected chi connectivity index (χ3v) is 2.56. The topological polar surface area (TPSA) is 60.7 Å². The molecule has 0 N–H and O–H groups in total. The number of aryl methyl sites for hydroxylation is 1. The fraction of sp³-hybridized carbons (Fsp3) is 0.333. The molecule has 5 nitrogen and oxygen atoms in total. The third-order valence-electron chi connectivity index (χ3n) is 2.56. The molecule has 2 rings (SSSR count). The molecule has 0 aliphatic heterocycles. The van der Waals surface area contributed by atoms with Crippen LogP contribution < -0.4 is 0 Å². The summed E-state index contributed by atoms with van der Waals surface area (Å²) in [5.74, 6) is -0.460. The average molecular weight is 284 g/mol. The van der Waals surface area contributed by atoms with Gasteiger partial charge in [-0.25, -0.2) is 9.67 Å². The molecule has 2 heterocycles. The SMILES string of the molecule is CC(=O)c1cccnc1-c1nc(CC(F)(F)F)nn1C. The maximum absolute atomic E-state index is 12.3. The van der Waals surface area contributed by atoms with Crippen LogP contribution in [0.25, 0.3) is 11.5 Å². The Bertz CT molecular complexity index is 648. The van der Waals surface area contributed by atoms with Gasteiger partial charge < -0.3 is 0 Å². The molecule has 8 heteroatoms. The normalized spacial score (nSPS) is 11.7. The lowest BCUT2D eigenvalue weighted by molar-refractivity contribution is -0.128. The smallest absolute Gasteiger partial charge is 0.294 e. The second kappa shape index (κ2) is 5.03. The number of alkyl halides is 3. The molecule has 106 valence electrons. The van der Waals surface area contributed by atoms with E-state index in [0.717, 1.165) is 0 Å². The van der Waals surface area contributed by atoms with Crippen molar-refractivity contribution >= 4 is 5.78 Å². The van der Waals surface area contributed by atoms with Gasteiger partial charge in [0.15, 0.2) is 17.4 Å². The van der Waals surface area contributed by atoms with Gasteiger partial charge >= 0.3 is 6.18 Å². The second-order valence-electron chi connectivity index (χ2n) is 4.22. The van der Waals surface area contributed by atoms with E-state index in [1.54, 1.807) is 12.1 Å². The van der Waals surface area contributed by atoms with Crippen molar-refractivity contribution in [3.05, 3.63) is 29.7 Å². The summed E-state index contributed by atoms with van der Waals surface area (Å²) in [7, 11) is 1.46. The molecule has 0 aromatic carbocycles. The number of halogens is 3. The first kappa shape index (κ1) is 14.2. The summed E-state index contributed by atoms with van der Waals surface area (Å²) in [4.78, 5) is 19.3. The van der Waals surface area contributed by atoms with Gasteiger partial charge in [-0.3, -0.25) is 9.78 Å². The van der Waals surface area contributed by atoms with Crippen molar-refractivity contribution in [2.75, 3.05) is 0 Å². The standard InChI is InChI=1S/C12H11F3N4O/c1-7(20)8-4-3-5-16-10(8)11-17-9(18-19(11)2)6-12(13,14)15/h3-5H,6H2,1-2H3. The highest BCUT2D eigenvalue weighted by Crippen LogP contribution is 2.23. The van der Waals surface area contributed by atoms with Crippen LogP contribution in [-0.4, -0.2) is 31.7 Å². The van der Waals surface area contributed by atoms with E-state index in [4.69, 9.17) is 0 Å². The fourth-order valence-corrected chi connectivity index (χ4v) is 1.77. The molecule has 0 aliphatic rings. The number of carbonyl (C=O) groups excluding carboxylic acids is 1. The van der Waals surface area contributed by atoms with Crippen molar-refractivity contribution in [3.63, 3.8) is 0 Å². The molecule has 0 bridgehead atoms. The minimum Gasteiger partial charge on any atom is -0.294 e. The Morgan fingerprint density at radius 2 is 2.10 bits per heavy atom. The molecule has 0 saturated carbocycles. The molecule has 2 aromatic heterocycles. The van der Waals surface area contributed by atoms with Gasteiger partial charge in [0.25, 0.3) is 0 Å². The zero-order chi connectivity index (χ0) is 14.9. The van der Waals surface area contributed by atoms with Gasteiger partial charge in [0, 0.05) is 18.8 Å². The maximum Gasteiger partial charge on any atom is 0.396 e. The Balaban J connectivity index is 2.47. The first-order valence-corrected chi connectivity index (χ1v) is 5.71. The summed E-state index contributed by atoms with van der Waals surface area (Å²) in [6.07, 6.45) is -4.16. The lowest BCUT2D eigenvalue weighted by atomic mass is 10.1. The number of carbonyl (C=O) groups is 1. The Hall–Kier alpha value is -2.25. The molecule has 0 saturated heterocycles. The van der Waals surface area contributed by atoms with Crippen LogP contribution in [0, 0.1) is 0 Å². The molecular weight excluding hydrogens is 273 g/mol. The molecule has 0 aliphatic carbocycles. The van der Waals surface area contributed by atoms with Gasteiger partial charge in [0.05, 0.1) is 0 Å². The second-order valence-corrected chi connectivity index (χ2v) is 4.22. The highest BCUT2D eigenvalue weighted by molar-refractivity contribution is 5.99. The molecule has 20 heavy (non-hydrogen) atoms. The number of hydrogen-bond donors (Lipinski definition) is 0. The van der Waals surface area contributed by atoms with E-state index in [0.29, 0.717) is 5.56 Å².